The van der Waals surface area contributed by atoms with Crippen LogP contribution in [0.15, 0.2) is 18.2 Å². The van der Waals surface area contributed by atoms with Crippen LogP contribution in [0.2, 0.25) is 13.1 Å². The van der Waals surface area contributed by atoms with Gasteiger partial charge in [0.05, 0.1) is 36.6 Å². The summed E-state index contributed by atoms with van der Waals surface area (Å²) in [6.07, 6.45) is 0.956. The summed E-state index contributed by atoms with van der Waals surface area (Å²) in [6.45, 7) is 19.0. The first-order valence-electron chi connectivity index (χ1n) is 11.6. The van der Waals surface area contributed by atoms with Crippen LogP contribution in [-0.4, -0.2) is 33.3 Å². The van der Waals surface area contributed by atoms with Crippen molar-refractivity contribution in [2.75, 3.05) is 12.4 Å². The third kappa shape index (κ3) is 6.72. The first-order chi connectivity index (χ1) is 15.4. The van der Waals surface area contributed by atoms with Gasteiger partial charge in [-0.05, 0) is 75.0 Å². The monoisotopic (exact) mass is 469 g/mol. The average molecular weight is 470 g/mol. The van der Waals surface area contributed by atoms with Gasteiger partial charge in [-0.25, -0.2) is 4.98 Å². The fourth-order valence-electron chi connectivity index (χ4n) is 4.07. The van der Waals surface area contributed by atoms with Crippen molar-refractivity contribution in [3.05, 3.63) is 40.6 Å². The van der Waals surface area contributed by atoms with Crippen LogP contribution in [0.1, 0.15) is 56.5 Å². The lowest BCUT2D eigenvalue weighted by molar-refractivity contribution is 0.0675. The van der Waals surface area contributed by atoms with E-state index in [0.29, 0.717) is 22.9 Å². The zero-order valence-electron chi connectivity index (χ0n) is 21.8. The second kappa shape index (κ2) is 11.0. The molecule has 0 radical (unpaired) electrons. The van der Waals surface area contributed by atoms with Crippen LogP contribution < -0.4 is 14.8 Å². The largest absolute Gasteiger partial charge is 0.490 e. The number of hydrogen-bond donors (Lipinski definition) is 1. The number of hydrogen-bond acceptors (Lipinski definition) is 6. The smallest absolute Gasteiger partial charge is 0.265 e. The van der Waals surface area contributed by atoms with E-state index in [4.69, 9.17) is 13.9 Å². The Bertz CT molecular complexity index is 986. The molecule has 0 aliphatic rings. The van der Waals surface area contributed by atoms with Crippen LogP contribution in [0, 0.1) is 37.5 Å². The summed E-state index contributed by atoms with van der Waals surface area (Å²) < 4.78 is 18.6. The molecule has 2 aromatic rings. The minimum Gasteiger partial charge on any atom is -0.490 e. The van der Waals surface area contributed by atoms with E-state index in [0.717, 1.165) is 28.9 Å². The molecule has 6 nitrogen and oxygen atoms in total. The van der Waals surface area contributed by atoms with Crippen LogP contribution in [0.5, 0.6) is 17.4 Å². The molecule has 1 aromatic heterocycles. The summed E-state index contributed by atoms with van der Waals surface area (Å²) in [7, 11) is 0.385. The first kappa shape index (κ1) is 26.7. The van der Waals surface area contributed by atoms with Gasteiger partial charge in [0.1, 0.15) is 5.75 Å². The molecule has 1 aromatic carbocycles. The summed E-state index contributed by atoms with van der Waals surface area (Å²) in [5.74, 6) is 1.64. The van der Waals surface area contributed by atoms with Crippen LogP contribution in [0.25, 0.3) is 0 Å². The standard InChI is InChI=1S/C26H39N3O3Si/c1-11-20(24(26(5,6)7)32-33(9)10)29-21-14-18(4)28-25(23(21)30-8)31-22-16(2)12-19(15-27)13-17(22)3/h12-14,20,24,33H,11H2,1-10H3,(H,28,29). The molecule has 180 valence electrons. The average Bonchev–Trinajstić information content (AvgIpc) is 2.71. The van der Waals surface area contributed by atoms with Gasteiger partial charge in [0, 0.05) is 5.69 Å². The molecule has 0 amide bonds. The second-order valence-corrected chi connectivity index (χ2v) is 12.3. The van der Waals surface area contributed by atoms with E-state index in [9.17, 15) is 5.26 Å². The maximum atomic E-state index is 9.25. The molecular weight excluding hydrogens is 430 g/mol. The number of methoxy groups -OCH3 is 1. The SMILES string of the molecule is CCC(Nc1cc(C)nc(Oc2c(C)cc(C#N)cc2C)c1OC)C(O[SiH](C)C)C(C)(C)C. The number of pyridine rings is 1. The van der Waals surface area contributed by atoms with Crippen molar-refractivity contribution in [1.29, 1.82) is 5.26 Å². The molecule has 2 unspecified atom stereocenters. The van der Waals surface area contributed by atoms with Crippen molar-refractivity contribution in [3.8, 4) is 23.4 Å². The summed E-state index contributed by atoms with van der Waals surface area (Å²) >= 11 is 0. The number of rotatable bonds is 9. The fourth-order valence-corrected chi connectivity index (χ4v) is 5.25. The zero-order valence-corrected chi connectivity index (χ0v) is 22.9. The molecule has 2 atom stereocenters. The van der Waals surface area contributed by atoms with E-state index < -0.39 is 9.04 Å². The van der Waals surface area contributed by atoms with E-state index >= 15 is 0 Å². The Morgan fingerprint density at radius 1 is 1.09 bits per heavy atom. The molecule has 1 N–H and O–H groups in total. The van der Waals surface area contributed by atoms with Gasteiger partial charge in [0.25, 0.3) is 5.88 Å². The Morgan fingerprint density at radius 2 is 1.70 bits per heavy atom. The van der Waals surface area contributed by atoms with Gasteiger partial charge < -0.3 is 19.2 Å². The Hall–Kier alpha value is -2.56. The van der Waals surface area contributed by atoms with Crippen molar-refractivity contribution in [2.45, 2.75) is 80.1 Å². The van der Waals surface area contributed by atoms with Crippen LogP contribution in [0.3, 0.4) is 0 Å². The number of nitrogens with zero attached hydrogens (tertiary/aromatic N) is 2. The third-order valence-electron chi connectivity index (χ3n) is 5.48. The Labute approximate surface area is 201 Å². The minimum absolute atomic E-state index is 0.0176. The van der Waals surface area contributed by atoms with Gasteiger partial charge in [0.15, 0.2) is 9.04 Å². The Balaban J connectivity index is 2.49. The number of benzene rings is 1. The highest BCUT2D eigenvalue weighted by molar-refractivity contribution is 6.48. The fraction of sp³-hybridized carbons (Fsp3) is 0.538. The summed E-state index contributed by atoms with van der Waals surface area (Å²) in [5, 5.41) is 12.9. The van der Waals surface area contributed by atoms with Crippen molar-refractivity contribution in [3.63, 3.8) is 0 Å². The third-order valence-corrected chi connectivity index (χ3v) is 6.32. The highest BCUT2D eigenvalue weighted by Gasteiger charge is 2.33. The topological polar surface area (TPSA) is 76.4 Å². The molecule has 0 aliphatic heterocycles. The number of aromatic nitrogens is 1. The maximum absolute atomic E-state index is 9.25. The van der Waals surface area contributed by atoms with Gasteiger partial charge in [-0.3, -0.25) is 0 Å². The van der Waals surface area contributed by atoms with Crippen molar-refractivity contribution >= 4 is 14.7 Å². The number of anilines is 1. The quantitative estimate of drug-likeness (QED) is 0.435. The summed E-state index contributed by atoms with van der Waals surface area (Å²) in [5.41, 5.74) is 3.99. The van der Waals surface area contributed by atoms with Gasteiger partial charge in [-0.2, -0.15) is 5.26 Å². The number of aryl methyl sites for hydroxylation is 3. The molecule has 33 heavy (non-hydrogen) atoms. The molecule has 1 heterocycles. The number of ether oxygens (including phenoxy) is 2. The van der Waals surface area contributed by atoms with E-state index in [1.165, 1.54) is 0 Å². The predicted molar refractivity (Wildman–Crippen MR) is 137 cm³/mol. The van der Waals surface area contributed by atoms with Gasteiger partial charge in [-0.1, -0.05) is 27.7 Å². The second-order valence-electron chi connectivity index (χ2n) is 9.93. The van der Waals surface area contributed by atoms with E-state index in [1.807, 2.05) is 39.0 Å². The number of nitriles is 1. The molecule has 0 saturated carbocycles. The summed E-state index contributed by atoms with van der Waals surface area (Å²) in [4.78, 5) is 4.62. The Kier molecular flexibility index (Phi) is 8.93. The summed E-state index contributed by atoms with van der Waals surface area (Å²) in [6, 6.07) is 7.91. The highest BCUT2D eigenvalue weighted by atomic mass is 28.3. The van der Waals surface area contributed by atoms with Crippen molar-refractivity contribution < 1.29 is 13.9 Å². The van der Waals surface area contributed by atoms with Crippen LogP contribution >= 0.6 is 0 Å². The molecule has 2 rings (SSSR count). The molecule has 0 bridgehead atoms. The first-order valence-corrected chi connectivity index (χ1v) is 14.4. The van der Waals surface area contributed by atoms with Crippen molar-refractivity contribution in [1.82, 2.24) is 4.98 Å². The van der Waals surface area contributed by atoms with Crippen LogP contribution in [-0.2, 0) is 4.43 Å². The van der Waals surface area contributed by atoms with Gasteiger partial charge in [0.2, 0.25) is 5.75 Å². The number of nitrogens with one attached hydrogen (secondary N) is 1. The molecule has 0 spiro atoms. The molecule has 0 aliphatic carbocycles. The lowest BCUT2D eigenvalue weighted by atomic mass is 9.83. The normalized spacial score (nSPS) is 13.4. The van der Waals surface area contributed by atoms with E-state index in [1.54, 1.807) is 7.11 Å². The molecule has 0 fully saturated rings. The maximum Gasteiger partial charge on any atom is 0.265 e. The van der Waals surface area contributed by atoms with E-state index in [-0.39, 0.29) is 17.6 Å². The lowest BCUT2D eigenvalue weighted by Crippen LogP contribution is -2.46. The molecule has 7 heteroatoms. The van der Waals surface area contributed by atoms with Crippen molar-refractivity contribution in [2.24, 2.45) is 5.41 Å². The Morgan fingerprint density at radius 3 is 2.15 bits per heavy atom. The zero-order chi connectivity index (χ0) is 24.9. The van der Waals surface area contributed by atoms with Gasteiger partial charge >= 0.3 is 0 Å². The van der Waals surface area contributed by atoms with Crippen LogP contribution in [0.4, 0.5) is 5.69 Å². The molecule has 0 saturated heterocycles. The minimum atomic E-state index is -1.24. The highest BCUT2D eigenvalue weighted by Crippen LogP contribution is 2.40. The van der Waals surface area contributed by atoms with Gasteiger partial charge in [-0.15, -0.1) is 0 Å². The molecular formula is C26H39N3O3Si. The van der Waals surface area contributed by atoms with E-state index in [2.05, 4.69) is 57.2 Å². The lowest BCUT2D eigenvalue weighted by Gasteiger charge is -2.39. The predicted octanol–water partition coefficient (Wildman–Crippen LogP) is 6.28.